The predicted molar refractivity (Wildman–Crippen MR) is 65.0 cm³/mol. The standard InChI is InChI=1S/C13H20N2O/c1-3-4-5-10(2)13(16)15-8-11-6-12(9-15)14-7-11/h3-5,11-12,14H,6-9H2,1-2H3/b4-3-,10-5+. The Hall–Kier alpha value is -1.09. The number of hydrogen-bond donors (Lipinski definition) is 1. The van der Waals surface area contributed by atoms with Gasteiger partial charge in [0.2, 0.25) is 5.91 Å². The number of fused-ring (bicyclic) bond motifs is 2. The first kappa shape index (κ1) is 11.4. The molecule has 2 aliphatic heterocycles. The Morgan fingerprint density at radius 2 is 2.25 bits per heavy atom. The number of carbonyl (C=O) groups excluding carboxylic acids is 1. The highest BCUT2D eigenvalue weighted by atomic mass is 16.2. The van der Waals surface area contributed by atoms with Crippen LogP contribution in [0.15, 0.2) is 23.8 Å². The zero-order chi connectivity index (χ0) is 11.5. The molecule has 16 heavy (non-hydrogen) atoms. The number of rotatable bonds is 2. The van der Waals surface area contributed by atoms with Crippen LogP contribution >= 0.6 is 0 Å². The molecule has 0 radical (unpaired) electrons. The van der Waals surface area contributed by atoms with Gasteiger partial charge < -0.3 is 10.2 Å². The number of amides is 1. The van der Waals surface area contributed by atoms with E-state index in [2.05, 4.69) is 5.32 Å². The van der Waals surface area contributed by atoms with Crippen molar-refractivity contribution < 1.29 is 4.79 Å². The Morgan fingerprint density at radius 3 is 2.94 bits per heavy atom. The molecule has 2 rings (SSSR count). The molecule has 1 N–H and O–H groups in total. The lowest BCUT2D eigenvalue weighted by molar-refractivity contribution is -0.128. The molecule has 0 spiro atoms. The van der Waals surface area contributed by atoms with Crippen LogP contribution in [0.25, 0.3) is 0 Å². The Labute approximate surface area is 97.2 Å². The topological polar surface area (TPSA) is 32.3 Å². The van der Waals surface area contributed by atoms with E-state index in [1.165, 1.54) is 6.42 Å². The first-order valence-corrected chi connectivity index (χ1v) is 6.03. The Bertz CT molecular complexity index is 321. The van der Waals surface area contributed by atoms with E-state index in [4.69, 9.17) is 0 Å². The van der Waals surface area contributed by atoms with Crippen molar-refractivity contribution in [2.75, 3.05) is 19.6 Å². The van der Waals surface area contributed by atoms with E-state index in [1.54, 1.807) is 0 Å². The van der Waals surface area contributed by atoms with Crippen molar-refractivity contribution >= 4 is 5.91 Å². The predicted octanol–water partition coefficient (Wildman–Crippen LogP) is 1.33. The van der Waals surface area contributed by atoms with E-state index in [9.17, 15) is 4.79 Å². The average Bonchev–Trinajstić information content (AvgIpc) is 2.64. The molecular formula is C13H20N2O. The van der Waals surface area contributed by atoms with Gasteiger partial charge in [-0.3, -0.25) is 4.79 Å². The third-order valence-corrected chi connectivity index (χ3v) is 3.40. The molecule has 2 bridgehead atoms. The van der Waals surface area contributed by atoms with Crippen LogP contribution in [0.5, 0.6) is 0 Å². The summed E-state index contributed by atoms with van der Waals surface area (Å²) in [7, 11) is 0. The highest BCUT2D eigenvalue weighted by Crippen LogP contribution is 2.23. The van der Waals surface area contributed by atoms with Crippen LogP contribution in [0.3, 0.4) is 0 Å². The molecule has 0 aromatic rings. The second-order valence-corrected chi connectivity index (χ2v) is 4.79. The smallest absolute Gasteiger partial charge is 0.249 e. The SMILES string of the molecule is C/C=C\C=C(/C)C(=O)N1CC2CNC(C2)C1. The van der Waals surface area contributed by atoms with Gasteiger partial charge in [-0.15, -0.1) is 0 Å². The van der Waals surface area contributed by atoms with Gasteiger partial charge in [0.25, 0.3) is 0 Å². The summed E-state index contributed by atoms with van der Waals surface area (Å²) in [6.45, 7) is 6.72. The summed E-state index contributed by atoms with van der Waals surface area (Å²) in [6, 6.07) is 0.525. The number of likely N-dealkylation sites (tertiary alicyclic amines) is 1. The van der Waals surface area contributed by atoms with Crippen molar-refractivity contribution in [1.82, 2.24) is 10.2 Å². The van der Waals surface area contributed by atoms with E-state index in [0.29, 0.717) is 12.0 Å². The van der Waals surface area contributed by atoms with Gasteiger partial charge in [0.05, 0.1) is 0 Å². The monoisotopic (exact) mass is 220 g/mol. The second-order valence-electron chi connectivity index (χ2n) is 4.79. The molecule has 2 saturated heterocycles. The summed E-state index contributed by atoms with van der Waals surface area (Å²) < 4.78 is 0. The molecule has 0 aliphatic carbocycles. The minimum Gasteiger partial charge on any atom is -0.337 e. The largest absolute Gasteiger partial charge is 0.337 e. The summed E-state index contributed by atoms with van der Waals surface area (Å²) in [5.74, 6) is 0.855. The number of piperidine rings is 1. The maximum absolute atomic E-state index is 12.1. The average molecular weight is 220 g/mol. The van der Waals surface area contributed by atoms with E-state index in [-0.39, 0.29) is 5.91 Å². The molecule has 2 aliphatic rings. The Balaban J connectivity index is 2.00. The van der Waals surface area contributed by atoms with Crippen LogP contribution in [-0.2, 0) is 4.79 Å². The fraction of sp³-hybridized carbons (Fsp3) is 0.615. The summed E-state index contributed by atoms with van der Waals surface area (Å²) in [5.41, 5.74) is 0.833. The summed E-state index contributed by atoms with van der Waals surface area (Å²) >= 11 is 0. The third kappa shape index (κ3) is 2.35. The second kappa shape index (κ2) is 4.83. The Morgan fingerprint density at radius 1 is 1.44 bits per heavy atom. The molecule has 2 atom stereocenters. The molecule has 2 heterocycles. The number of nitrogens with one attached hydrogen (secondary N) is 1. The van der Waals surface area contributed by atoms with Crippen molar-refractivity contribution in [2.45, 2.75) is 26.3 Å². The van der Waals surface area contributed by atoms with Crippen LogP contribution in [0.2, 0.25) is 0 Å². The quantitative estimate of drug-likeness (QED) is 0.562. The number of allylic oxidation sites excluding steroid dienone is 3. The molecule has 0 aromatic heterocycles. The molecule has 2 unspecified atom stereocenters. The first-order valence-electron chi connectivity index (χ1n) is 6.03. The van der Waals surface area contributed by atoms with Crippen molar-refractivity contribution in [3.8, 4) is 0 Å². The molecule has 1 amide bonds. The number of hydrogen-bond acceptors (Lipinski definition) is 2. The van der Waals surface area contributed by atoms with Crippen LogP contribution in [0.4, 0.5) is 0 Å². The number of nitrogens with zero attached hydrogens (tertiary/aromatic N) is 1. The Kier molecular flexibility index (Phi) is 3.44. The zero-order valence-corrected chi connectivity index (χ0v) is 10.1. The number of carbonyl (C=O) groups is 1. The van der Waals surface area contributed by atoms with Gasteiger partial charge in [0, 0.05) is 31.2 Å². The minimum absolute atomic E-state index is 0.191. The highest BCUT2D eigenvalue weighted by molar-refractivity contribution is 5.93. The van der Waals surface area contributed by atoms with Gasteiger partial charge in [-0.2, -0.15) is 0 Å². The normalized spacial score (nSPS) is 30.1. The van der Waals surface area contributed by atoms with E-state index in [0.717, 1.165) is 25.2 Å². The van der Waals surface area contributed by atoms with Crippen molar-refractivity contribution in [3.05, 3.63) is 23.8 Å². The zero-order valence-electron chi connectivity index (χ0n) is 10.1. The lowest BCUT2D eigenvalue weighted by atomic mass is 9.99. The van der Waals surface area contributed by atoms with Gasteiger partial charge in [0.1, 0.15) is 0 Å². The molecule has 0 aromatic carbocycles. The lowest BCUT2D eigenvalue weighted by Gasteiger charge is -2.31. The fourth-order valence-corrected chi connectivity index (χ4v) is 2.56. The summed E-state index contributed by atoms with van der Waals surface area (Å²) in [5, 5.41) is 3.46. The molecule has 3 heteroatoms. The molecule has 0 saturated carbocycles. The highest BCUT2D eigenvalue weighted by Gasteiger charge is 2.34. The van der Waals surface area contributed by atoms with Gasteiger partial charge in [-0.05, 0) is 26.2 Å². The maximum Gasteiger partial charge on any atom is 0.249 e. The molecule has 88 valence electrons. The van der Waals surface area contributed by atoms with E-state index in [1.807, 2.05) is 37.0 Å². The van der Waals surface area contributed by atoms with Crippen LogP contribution in [-0.4, -0.2) is 36.5 Å². The van der Waals surface area contributed by atoms with Gasteiger partial charge in [-0.1, -0.05) is 18.2 Å². The van der Waals surface area contributed by atoms with Crippen LogP contribution in [0, 0.1) is 5.92 Å². The molecular weight excluding hydrogens is 200 g/mol. The summed E-state index contributed by atoms with van der Waals surface area (Å²) in [4.78, 5) is 14.1. The first-order chi connectivity index (χ1) is 7.70. The van der Waals surface area contributed by atoms with Gasteiger partial charge >= 0.3 is 0 Å². The molecule has 2 fully saturated rings. The molecule has 3 nitrogen and oxygen atoms in total. The van der Waals surface area contributed by atoms with Gasteiger partial charge in [0.15, 0.2) is 0 Å². The van der Waals surface area contributed by atoms with Crippen molar-refractivity contribution in [3.63, 3.8) is 0 Å². The van der Waals surface area contributed by atoms with Crippen LogP contribution in [0.1, 0.15) is 20.3 Å². The fourth-order valence-electron chi connectivity index (χ4n) is 2.56. The van der Waals surface area contributed by atoms with Crippen molar-refractivity contribution in [1.29, 1.82) is 0 Å². The van der Waals surface area contributed by atoms with Crippen LogP contribution < -0.4 is 5.32 Å². The minimum atomic E-state index is 0.191. The van der Waals surface area contributed by atoms with Crippen molar-refractivity contribution in [2.24, 2.45) is 5.92 Å². The van der Waals surface area contributed by atoms with E-state index >= 15 is 0 Å². The lowest BCUT2D eigenvalue weighted by Crippen LogP contribution is -2.44. The third-order valence-electron chi connectivity index (χ3n) is 3.40. The van der Waals surface area contributed by atoms with E-state index < -0.39 is 0 Å². The summed E-state index contributed by atoms with van der Waals surface area (Å²) in [6.07, 6.45) is 7.00. The maximum atomic E-state index is 12.1. The van der Waals surface area contributed by atoms with Gasteiger partial charge in [-0.25, -0.2) is 0 Å².